The van der Waals surface area contributed by atoms with E-state index in [2.05, 4.69) is 5.32 Å². The van der Waals surface area contributed by atoms with Gasteiger partial charge in [0.2, 0.25) is 0 Å². The molecule has 0 aromatic heterocycles. The first-order valence-electron chi connectivity index (χ1n) is 5.29. The van der Waals surface area contributed by atoms with Gasteiger partial charge in [0.15, 0.2) is 0 Å². The number of aliphatic hydroxyl groups is 1. The highest BCUT2D eigenvalue weighted by molar-refractivity contribution is 6.34. The Balaban J connectivity index is 3.20. The average Bonchev–Trinajstić information content (AvgIpc) is 2.24. The van der Waals surface area contributed by atoms with Crippen molar-refractivity contribution in [2.45, 2.75) is 19.4 Å². The van der Waals surface area contributed by atoms with Crippen LogP contribution in [0.3, 0.4) is 0 Å². The summed E-state index contributed by atoms with van der Waals surface area (Å²) in [6.45, 7) is 3.11. The second-order valence-electron chi connectivity index (χ2n) is 4.58. The number of anilines is 1. The lowest BCUT2D eigenvalue weighted by Gasteiger charge is -2.18. The first-order chi connectivity index (χ1) is 8.61. The Labute approximate surface area is 114 Å². The predicted octanol–water partition coefficient (Wildman–Crippen LogP) is 2.13. The molecule has 0 radical (unpaired) electrons. The molecule has 0 bridgehead atoms. The fourth-order valence-electron chi connectivity index (χ4n) is 1.33. The van der Waals surface area contributed by atoms with Gasteiger partial charge in [0, 0.05) is 12.6 Å². The SMILES string of the molecule is CC(C)(O)CNc1cc(Cl)c(C(=O)O)cc1[N+](=O)[O-]. The maximum absolute atomic E-state index is 10.9. The van der Waals surface area contributed by atoms with E-state index < -0.39 is 22.2 Å². The molecule has 0 saturated heterocycles. The van der Waals surface area contributed by atoms with Crippen LogP contribution in [-0.2, 0) is 0 Å². The largest absolute Gasteiger partial charge is 0.478 e. The molecule has 0 atom stereocenters. The number of rotatable bonds is 5. The van der Waals surface area contributed by atoms with Crippen LogP contribution in [0.4, 0.5) is 11.4 Å². The van der Waals surface area contributed by atoms with Crippen LogP contribution in [0.25, 0.3) is 0 Å². The van der Waals surface area contributed by atoms with E-state index in [9.17, 15) is 20.0 Å². The van der Waals surface area contributed by atoms with Crippen molar-refractivity contribution in [3.63, 3.8) is 0 Å². The van der Waals surface area contributed by atoms with Gasteiger partial charge in [0.05, 0.1) is 21.1 Å². The van der Waals surface area contributed by atoms with Gasteiger partial charge in [-0.2, -0.15) is 0 Å². The molecule has 8 heteroatoms. The minimum atomic E-state index is -1.35. The number of nitrogens with zero attached hydrogens (tertiary/aromatic N) is 1. The Kier molecular flexibility index (Phi) is 4.33. The summed E-state index contributed by atoms with van der Waals surface area (Å²) in [5.41, 5.74) is -1.78. The molecule has 3 N–H and O–H groups in total. The number of carboxylic acid groups (broad SMARTS) is 1. The monoisotopic (exact) mass is 288 g/mol. The third kappa shape index (κ3) is 4.08. The molecule has 0 amide bonds. The smallest absolute Gasteiger partial charge is 0.337 e. The van der Waals surface area contributed by atoms with Crippen molar-refractivity contribution in [2.75, 3.05) is 11.9 Å². The van der Waals surface area contributed by atoms with Crippen LogP contribution in [-0.4, -0.2) is 33.3 Å². The molecule has 1 aromatic carbocycles. The molecule has 1 aromatic rings. The number of hydrogen-bond donors (Lipinski definition) is 3. The van der Waals surface area contributed by atoms with Gasteiger partial charge in [-0.15, -0.1) is 0 Å². The highest BCUT2D eigenvalue weighted by Gasteiger charge is 2.22. The number of hydrogen-bond acceptors (Lipinski definition) is 5. The molecule has 0 spiro atoms. The molecular weight excluding hydrogens is 276 g/mol. The molecule has 0 aliphatic heterocycles. The number of benzene rings is 1. The summed E-state index contributed by atoms with van der Waals surface area (Å²) in [6.07, 6.45) is 0. The van der Waals surface area contributed by atoms with E-state index in [1.807, 2.05) is 0 Å². The summed E-state index contributed by atoms with van der Waals surface area (Å²) in [7, 11) is 0. The van der Waals surface area contributed by atoms with Crippen LogP contribution < -0.4 is 5.32 Å². The number of nitrogens with one attached hydrogen (secondary N) is 1. The Bertz CT molecular complexity index is 525. The Morgan fingerprint density at radius 1 is 1.53 bits per heavy atom. The Morgan fingerprint density at radius 3 is 2.53 bits per heavy atom. The quantitative estimate of drug-likeness (QED) is 0.565. The fraction of sp³-hybridized carbons (Fsp3) is 0.364. The van der Waals surface area contributed by atoms with E-state index in [1.165, 1.54) is 13.8 Å². The zero-order valence-corrected chi connectivity index (χ0v) is 11.1. The summed E-state index contributed by atoms with van der Waals surface area (Å²) in [5, 5.41) is 31.9. The topological polar surface area (TPSA) is 113 Å². The number of aromatic carboxylic acids is 1. The van der Waals surface area contributed by atoms with E-state index in [0.717, 1.165) is 12.1 Å². The number of carbonyl (C=O) groups is 1. The first-order valence-corrected chi connectivity index (χ1v) is 5.67. The zero-order chi connectivity index (χ0) is 14.8. The highest BCUT2D eigenvalue weighted by Crippen LogP contribution is 2.31. The molecule has 0 saturated carbocycles. The summed E-state index contributed by atoms with van der Waals surface area (Å²) in [4.78, 5) is 21.0. The molecule has 0 unspecified atom stereocenters. The number of nitro groups is 1. The number of carboxylic acids is 1. The van der Waals surface area contributed by atoms with Gasteiger partial charge in [-0.3, -0.25) is 10.1 Å². The molecule has 19 heavy (non-hydrogen) atoms. The van der Waals surface area contributed by atoms with Gasteiger partial charge in [-0.25, -0.2) is 4.79 Å². The van der Waals surface area contributed by atoms with Gasteiger partial charge in [-0.05, 0) is 19.9 Å². The van der Waals surface area contributed by atoms with Crippen molar-refractivity contribution in [2.24, 2.45) is 0 Å². The second kappa shape index (κ2) is 5.41. The first kappa shape index (κ1) is 15.2. The van der Waals surface area contributed by atoms with Crippen molar-refractivity contribution >= 4 is 28.9 Å². The molecule has 0 heterocycles. The van der Waals surface area contributed by atoms with Gasteiger partial charge in [0.1, 0.15) is 5.69 Å². The summed E-state index contributed by atoms with van der Waals surface area (Å²) in [6, 6.07) is 2.05. The lowest BCUT2D eigenvalue weighted by molar-refractivity contribution is -0.384. The van der Waals surface area contributed by atoms with Crippen LogP contribution in [0.2, 0.25) is 5.02 Å². The summed E-state index contributed by atoms with van der Waals surface area (Å²) in [5.74, 6) is -1.35. The second-order valence-corrected chi connectivity index (χ2v) is 4.98. The standard InChI is InChI=1S/C11H13ClN2O5/c1-11(2,17)5-13-8-4-7(12)6(10(15)16)3-9(8)14(18)19/h3-4,13,17H,5H2,1-2H3,(H,15,16). The number of halogens is 1. The molecule has 0 aliphatic carbocycles. The molecular formula is C11H13ClN2O5. The van der Waals surface area contributed by atoms with Crippen LogP contribution >= 0.6 is 11.6 Å². The van der Waals surface area contributed by atoms with E-state index in [4.69, 9.17) is 16.7 Å². The van der Waals surface area contributed by atoms with Crippen molar-refractivity contribution < 1.29 is 19.9 Å². The molecule has 7 nitrogen and oxygen atoms in total. The zero-order valence-electron chi connectivity index (χ0n) is 10.3. The van der Waals surface area contributed by atoms with Gasteiger partial charge in [-0.1, -0.05) is 11.6 Å². The highest BCUT2D eigenvalue weighted by atomic mass is 35.5. The maximum Gasteiger partial charge on any atom is 0.337 e. The normalized spacial score (nSPS) is 11.2. The number of nitro benzene ring substituents is 1. The minimum Gasteiger partial charge on any atom is -0.478 e. The lowest BCUT2D eigenvalue weighted by Crippen LogP contribution is -2.29. The van der Waals surface area contributed by atoms with Crippen molar-refractivity contribution in [1.29, 1.82) is 0 Å². The van der Waals surface area contributed by atoms with Crippen LogP contribution in [0.15, 0.2) is 12.1 Å². The third-order valence-corrected chi connectivity index (χ3v) is 2.54. The lowest BCUT2D eigenvalue weighted by atomic mass is 10.1. The van der Waals surface area contributed by atoms with Crippen molar-refractivity contribution in [1.82, 2.24) is 0 Å². The van der Waals surface area contributed by atoms with Gasteiger partial charge in [0.25, 0.3) is 5.69 Å². The van der Waals surface area contributed by atoms with Crippen LogP contribution in [0.5, 0.6) is 0 Å². The maximum atomic E-state index is 10.9. The molecule has 0 fully saturated rings. The fourth-order valence-corrected chi connectivity index (χ4v) is 1.57. The Hall–Kier alpha value is -1.86. The van der Waals surface area contributed by atoms with Gasteiger partial charge >= 0.3 is 5.97 Å². The average molecular weight is 289 g/mol. The van der Waals surface area contributed by atoms with E-state index in [1.54, 1.807) is 0 Å². The third-order valence-electron chi connectivity index (χ3n) is 2.22. The molecule has 104 valence electrons. The van der Waals surface area contributed by atoms with E-state index in [-0.39, 0.29) is 22.8 Å². The van der Waals surface area contributed by atoms with Crippen LogP contribution in [0, 0.1) is 10.1 Å². The summed E-state index contributed by atoms with van der Waals surface area (Å²) >= 11 is 5.75. The molecule has 1 rings (SSSR count). The molecule has 0 aliphatic rings. The van der Waals surface area contributed by atoms with Crippen molar-refractivity contribution in [3.8, 4) is 0 Å². The Morgan fingerprint density at radius 2 is 2.11 bits per heavy atom. The van der Waals surface area contributed by atoms with Crippen LogP contribution in [0.1, 0.15) is 24.2 Å². The van der Waals surface area contributed by atoms with Gasteiger partial charge < -0.3 is 15.5 Å². The van der Waals surface area contributed by atoms with E-state index in [0.29, 0.717) is 0 Å². The minimum absolute atomic E-state index is 0.0522. The van der Waals surface area contributed by atoms with E-state index >= 15 is 0 Å². The predicted molar refractivity (Wildman–Crippen MR) is 69.9 cm³/mol. The summed E-state index contributed by atoms with van der Waals surface area (Å²) < 4.78 is 0. The van der Waals surface area contributed by atoms with Crippen molar-refractivity contribution in [3.05, 3.63) is 32.8 Å².